The quantitative estimate of drug-likeness (QED) is 0.589. The number of ether oxygens (including phenoxy) is 1. The van der Waals surface area contributed by atoms with Gasteiger partial charge in [-0.25, -0.2) is 4.79 Å². The molecule has 0 unspecified atom stereocenters. The monoisotopic (exact) mass is 293 g/mol. The first-order valence-electron chi connectivity index (χ1n) is 6.53. The molecule has 0 aromatic heterocycles. The molecule has 2 atom stereocenters. The number of rotatable bonds is 9. The van der Waals surface area contributed by atoms with Crippen molar-refractivity contribution in [2.75, 3.05) is 6.61 Å². The van der Waals surface area contributed by atoms with Crippen molar-refractivity contribution in [3.8, 4) is 5.75 Å². The van der Waals surface area contributed by atoms with Crippen molar-refractivity contribution in [3.05, 3.63) is 43.0 Å². The number of aliphatic hydroxyl groups is 1. The molecule has 0 radical (unpaired) electrons. The van der Waals surface area contributed by atoms with Crippen molar-refractivity contribution in [2.24, 2.45) is 0 Å². The summed E-state index contributed by atoms with van der Waals surface area (Å²) >= 11 is 0. The Kier molecular flexibility index (Phi) is 6.97. The fourth-order valence-corrected chi connectivity index (χ4v) is 1.66. The summed E-state index contributed by atoms with van der Waals surface area (Å²) in [4.78, 5) is 22.8. The number of allylic oxidation sites excluding steroid dienone is 1. The average Bonchev–Trinajstić information content (AvgIpc) is 2.49. The highest BCUT2D eigenvalue weighted by atomic mass is 16.5. The molecule has 3 N–H and O–H groups in total. The van der Waals surface area contributed by atoms with Gasteiger partial charge in [0.05, 0.1) is 6.10 Å². The van der Waals surface area contributed by atoms with Gasteiger partial charge in [0.2, 0.25) is 0 Å². The van der Waals surface area contributed by atoms with Gasteiger partial charge in [-0.05, 0) is 25.0 Å². The number of carbonyl (C=O) groups excluding carboxylic acids is 1. The molecule has 1 amide bonds. The normalized spacial score (nSPS) is 13.0. The molecule has 0 saturated heterocycles. The first-order valence-corrected chi connectivity index (χ1v) is 6.53. The molecular formula is C15H19NO5. The number of benzene rings is 1. The van der Waals surface area contributed by atoms with Gasteiger partial charge in [0.1, 0.15) is 5.75 Å². The van der Waals surface area contributed by atoms with Crippen molar-refractivity contribution >= 4 is 11.9 Å². The van der Waals surface area contributed by atoms with E-state index in [4.69, 9.17) is 9.84 Å². The predicted molar refractivity (Wildman–Crippen MR) is 76.9 cm³/mol. The number of carboxylic acids is 1. The molecule has 6 nitrogen and oxygen atoms in total. The number of hydrogen-bond acceptors (Lipinski definition) is 4. The van der Waals surface area contributed by atoms with Crippen LogP contribution in [0.15, 0.2) is 43.0 Å². The standard InChI is InChI=1S/C15H19NO5/c1-2-3-9-12(17)14(15(19)20)16-13(18)10-21-11-7-5-4-6-8-11/h2,4-8,12,14,17H,1,3,9-10H2,(H,16,18)(H,19,20)/t12-,14-/m0/s1. The van der Waals surface area contributed by atoms with Gasteiger partial charge in [-0.2, -0.15) is 0 Å². The molecule has 0 bridgehead atoms. The molecule has 0 saturated carbocycles. The molecule has 1 aromatic carbocycles. The lowest BCUT2D eigenvalue weighted by Crippen LogP contribution is -2.50. The third-order valence-electron chi connectivity index (χ3n) is 2.75. The molecule has 0 aliphatic carbocycles. The van der Waals surface area contributed by atoms with E-state index in [2.05, 4.69) is 11.9 Å². The second kappa shape index (κ2) is 8.76. The van der Waals surface area contributed by atoms with E-state index >= 15 is 0 Å². The summed E-state index contributed by atoms with van der Waals surface area (Å²) < 4.78 is 5.21. The van der Waals surface area contributed by atoms with Crippen LogP contribution >= 0.6 is 0 Å². The summed E-state index contributed by atoms with van der Waals surface area (Å²) in [6.07, 6.45) is 1.06. The maximum absolute atomic E-state index is 11.7. The van der Waals surface area contributed by atoms with Crippen molar-refractivity contribution < 1.29 is 24.5 Å². The van der Waals surface area contributed by atoms with E-state index in [0.29, 0.717) is 12.2 Å². The Balaban J connectivity index is 2.48. The Morgan fingerprint density at radius 3 is 2.57 bits per heavy atom. The third-order valence-corrected chi connectivity index (χ3v) is 2.75. The first kappa shape index (κ1) is 16.7. The van der Waals surface area contributed by atoms with Gasteiger partial charge in [-0.3, -0.25) is 4.79 Å². The summed E-state index contributed by atoms with van der Waals surface area (Å²) in [6.45, 7) is 3.18. The fourth-order valence-electron chi connectivity index (χ4n) is 1.66. The number of carboxylic acid groups (broad SMARTS) is 1. The summed E-state index contributed by atoms with van der Waals surface area (Å²) in [6, 6.07) is 7.32. The fraction of sp³-hybridized carbons (Fsp3) is 0.333. The van der Waals surface area contributed by atoms with Crippen LogP contribution in [0.25, 0.3) is 0 Å². The molecule has 1 rings (SSSR count). The van der Waals surface area contributed by atoms with Crippen LogP contribution in [0.1, 0.15) is 12.8 Å². The van der Waals surface area contributed by atoms with Gasteiger partial charge in [-0.1, -0.05) is 24.3 Å². The molecule has 0 aliphatic heterocycles. The summed E-state index contributed by atoms with van der Waals surface area (Å²) in [5, 5.41) is 21.0. The lowest BCUT2D eigenvalue weighted by atomic mass is 10.1. The molecule has 0 heterocycles. The van der Waals surface area contributed by atoms with Crippen molar-refractivity contribution in [1.29, 1.82) is 0 Å². The molecule has 0 aliphatic rings. The molecule has 6 heteroatoms. The zero-order chi connectivity index (χ0) is 15.7. The molecule has 114 valence electrons. The first-order chi connectivity index (χ1) is 10.0. The van der Waals surface area contributed by atoms with E-state index in [9.17, 15) is 14.7 Å². The number of aliphatic hydroxyl groups excluding tert-OH is 1. The minimum atomic E-state index is -1.36. The Morgan fingerprint density at radius 2 is 2.00 bits per heavy atom. The smallest absolute Gasteiger partial charge is 0.328 e. The average molecular weight is 293 g/mol. The molecular weight excluding hydrogens is 274 g/mol. The number of nitrogens with one attached hydrogen (secondary N) is 1. The van der Waals surface area contributed by atoms with E-state index in [1.807, 2.05) is 6.07 Å². The van der Waals surface area contributed by atoms with E-state index in [-0.39, 0.29) is 13.0 Å². The summed E-state index contributed by atoms with van der Waals surface area (Å²) in [7, 11) is 0. The van der Waals surface area contributed by atoms with Gasteiger partial charge in [0.25, 0.3) is 5.91 Å². The van der Waals surface area contributed by atoms with Crippen LogP contribution in [0.3, 0.4) is 0 Å². The van der Waals surface area contributed by atoms with Gasteiger partial charge in [0, 0.05) is 0 Å². The maximum Gasteiger partial charge on any atom is 0.328 e. The Morgan fingerprint density at radius 1 is 1.33 bits per heavy atom. The lowest BCUT2D eigenvalue weighted by Gasteiger charge is -2.20. The lowest BCUT2D eigenvalue weighted by molar-refractivity contribution is -0.145. The van der Waals surface area contributed by atoms with E-state index in [1.165, 1.54) is 0 Å². The summed E-state index contributed by atoms with van der Waals surface area (Å²) in [5.41, 5.74) is 0. The molecule has 21 heavy (non-hydrogen) atoms. The molecule has 0 spiro atoms. The highest BCUT2D eigenvalue weighted by molar-refractivity contribution is 5.84. The predicted octanol–water partition coefficient (Wildman–Crippen LogP) is 0.962. The van der Waals surface area contributed by atoms with Crippen LogP contribution < -0.4 is 10.1 Å². The number of amides is 1. The van der Waals surface area contributed by atoms with Crippen molar-refractivity contribution in [3.63, 3.8) is 0 Å². The van der Waals surface area contributed by atoms with Gasteiger partial charge < -0.3 is 20.3 Å². The molecule has 0 fully saturated rings. The van der Waals surface area contributed by atoms with Crippen LogP contribution in [0.2, 0.25) is 0 Å². The van der Waals surface area contributed by atoms with Crippen LogP contribution in [-0.4, -0.2) is 40.8 Å². The second-order valence-corrected chi connectivity index (χ2v) is 4.42. The molecule has 1 aromatic rings. The zero-order valence-electron chi connectivity index (χ0n) is 11.6. The number of hydrogen-bond donors (Lipinski definition) is 3. The van der Waals surface area contributed by atoms with Crippen molar-refractivity contribution in [2.45, 2.75) is 25.0 Å². The Labute approximate surface area is 123 Å². The second-order valence-electron chi connectivity index (χ2n) is 4.42. The largest absolute Gasteiger partial charge is 0.484 e. The van der Waals surface area contributed by atoms with E-state index in [0.717, 1.165) is 0 Å². The number of aliphatic carboxylic acids is 1. The maximum atomic E-state index is 11.7. The van der Waals surface area contributed by atoms with E-state index < -0.39 is 24.0 Å². The van der Waals surface area contributed by atoms with Crippen LogP contribution in [0.5, 0.6) is 5.75 Å². The SMILES string of the molecule is C=CCC[C@H](O)[C@H](NC(=O)COc1ccccc1)C(=O)O. The minimum Gasteiger partial charge on any atom is -0.484 e. The Hall–Kier alpha value is -2.34. The minimum absolute atomic E-state index is 0.209. The Bertz CT molecular complexity index is 474. The van der Waals surface area contributed by atoms with Gasteiger partial charge >= 0.3 is 5.97 Å². The van der Waals surface area contributed by atoms with Crippen LogP contribution in [0.4, 0.5) is 0 Å². The third kappa shape index (κ3) is 6.09. The highest BCUT2D eigenvalue weighted by Gasteiger charge is 2.27. The highest BCUT2D eigenvalue weighted by Crippen LogP contribution is 2.08. The van der Waals surface area contributed by atoms with Crippen LogP contribution in [-0.2, 0) is 9.59 Å². The zero-order valence-corrected chi connectivity index (χ0v) is 11.6. The topological polar surface area (TPSA) is 95.9 Å². The van der Waals surface area contributed by atoms with Crippen LogP contribution in [0, 0.1) is 0 Å². The van der Waals surface area contributed by atoms with Gasteiger partial charge in [0.15, 0.2) is 12.6 Å². The summed E-state index contributed by atoms with van der Waals surface area (Å²) in [5.74, 6) is -1.39. The number of carbonyl (C=O) groups is 2. The van der Waals surface area contributed by atoms with Gasteiger partial charge in [-0.15, -0.1) is 6.58 Å². The van der Waals surface area contributed by atoms with Crippen molar-refractivity contribution in [1.82, 2.24) is 5.32 Å². The number of para-hydroxylation sites is 1. The van der Waals surface area contributed by atoms with E-state index in [1.54, 1.807) is 30.3 Å².